The van der Waals surface area contributed by atoms with E-state index in [-0.39, 0.29) is 47.3 Å². The average molecular weight is 2170 g/mol. The van der Waals surface area contributed by atoms with Crippen molar-refractivity contribution < 1.29 is 66.9 Å². The number of fused-ring (bicyclic) bond motifs is 5. The number of ketones is 4. The predicted octanol–water partition coefficient (Wildman–Crippen LogP) is 25.5. The van der Waals surface area contributed by atoms with Crippen molar-refractivity contribution in [3.8, 4) is 28.0 Å². The zero-order valence-electron chi connectivity index (χ0n) is 82.3. The molecule has 30 heteroatoms. The quantitative estimate of drug-likeness (QED) is 0.0246. The van der Waals surface area contributed by atoms with Crippen LogP contribution in [-0.4, -0.2) is 152 Å². The number of carboxylic acid groups (broad SMARTS) is 1. The van der Waals surface area contributed by atoms with Crippen LogP contribution >= 0.6 is 75.3 Å². The molecule has 0 radical (unpaired) electrons. The first-order chi connectivity index (χ1) is 66.3. The number of carboxylic acids is 1. The summed E-state index contributed by atoms with van der Waals surface area (Å²) in [5, 5.41) is 46.5. The number of amides is 1. The number of aliphatic hydroxyl groups is 1. The van der Waals surface area contributed by atoms with Gasteiger partial charge in [-0.15, -0.1) is 0 Å². The molecule has 732 valence electrons. The number of halogens is 6. The van der Waals surface area contributed by atoms with E-state index in [1.54, 1.807) is 91.9 Å². The normalized spacial score (nSPS) is 14.4. The zero-order chi connectivity index (χ0) is 102. The molecule has 10 aromatic carbocycles. The summed E-state index contributed by atoms with van der Waals surface area (Å²) < 4.78 is 47.4. The number of aromatic nitrogens is 8. The molecule has 14 aromatic rings. The van der Waals surface area contributed by atoms with Crippen LogP contribution < -0.4 is 15.5 Å². The second-order valence-electron chi connectivity index (χ2n) is 37.3. The number of likely N-dealkylation sites (tertiary alicyclic amines) is 1. The van der Waals surface area contributed by atoms with Gasteiger partial charge >= 0.3 is 19.1 Å². The summed E-state index contributed by atoms with van der Waals surface area (Å²) in [6.45, 7) is 40.6. The van der Waals surface area contributed by atoms with Gasteiger partial charge in [-0.25, -0.2) is 14.0 Å². The Bertz CT molecular complexity index is 6910. The highest BCUT2D eigenvalue weighted by Crippen LogP contribution is 2.40. The van der Waals surface area contributed by atoms with Crippen molar-refractivity contribution in [1.29, 1.82) is 0 Å². The maximum absolute atomic E-state index is 13.3. The van der Waals surface area contributed by atoms with Gasteiger partial charge in [0.05, 0.1) is 79.7 Å². The van der Waals surface area contributed by atoms with Crippen LogP contribution in [0.15, 0.2) is 224 Å². The van der Waals surface area contributed by atoms with Gasteiger partial charge in [0.2, 0.25) is 5.78 Å². The number of aliphatic hydroxyl groups excluding tert-OH is 1. The fourth-order valence-electron chi connectivity index (χ4n) is 16.4. The summed E-state index contributed by atoms with van der Waals surface area (Å²) >= 11 is 20.0. The van der Waals surface area contributed by atoms with E-state index in [0.717, 1.165) is 126 Å². The van der Waals surface area contributed by atoms with Gasteiger partial charge in [-0.1, -0.05) is 191 Å². The van der Waals surface area contributed by atoms with Gasteiger partial charge in [0.25, 0.3) is 17.5 Å². The molecule has 2 aliphatic carbocycles. The molecule has 6 heterocycles. The topological polar surface area (TPSA) is 283 Å². The van der Waals surface area contributed by atoms with Crippen LogP contribution in [0.3, 0.4) is 0 Å². The van der Waals surface area contributed by atoms with E-state index in [9.17, 15) is 43.1 Å². The van der Waals surface area contributed by atoms with Gasteiger partial charge in [0.1, 0.15) is 17.7 Å². The Kier molecular flexibility index (Phi) is 36.2. The maximum atomic E-state index is 13.3. The molecular formula is C110H119BBr4ClFN10O13. The Hall–Kier alpha value is -11.2. The number of carbonyl (C=O) groups excluding carboxylic acids is 6. The highest BCUT2D eigenvalue weighted by Gasteiger charge is 2.52. The number of ether oxygens (including phenoxy) is 2. The highest BCUT2D eigenvalue weighted by atomic mass is 79.9. The van der Waals surface area contributed by atoms with Crippen LogP contribution in [0.4, 0.5) is 4.39 Å². The molecule has 0 spiro atoms. The van der Waals surface area contributed by atoms with E-state index in [1.807, 2.05) is 81.2 Å². The maximum Gasteiger partial charge on any atom is 0.494 e. The molecule has 4 aliphatic rings. The first-order valence-corrected chi connectivity index (χ1v) is 50.4. The van der Waals surface area contributed by atoms with Crippen LogP contribution in [0.25, 0.3) is 71.4 Å². The molecule has 18 rings (SSSR count). The number of rotatable bonds is 22. The summed E-state index contributed by atoms with van der Waals surface area (Å²) in [6.07, 6.45) is 6.68. The molecule has 0 bridgehead atoms. The number of allylic oxidation sites excluding steroid dienone is 2. The molecule has 2 aliphatic heterocycles. The predicted molar refractivity (Wildman–Crippen MR) is 568 cm³/mol. The third-order valence-electron chi connectivity index (χ3n) is 24.9. The molecule has 23 nitrogen and oxygen atoms in total. The molecule has 2 atom stereocenters. The van der Waals surface area contributed by atoms with Gasteiger partial charge in [-0.3, -0.25) is 42.7 Å². The first kappa shape index (κ1) is 108. The second-order valence-corrected chi connectivity index (χ2v) is 41.3. The molecular weight excluding hydrogens is 2050 g/mol. The summed E-state index contributed by atoms with van der Waals surface area (Å²) in [6, 6.07) is 61.8. The van der Waals surface area contributed by atoms with Crippen LogP contribution in [0.2, 0.25) is 5.02 Å². The Morgan fingerprint density at radius 2 is 0.986 bits per heavy atom. The Balaban J connectivity index is 0.000000156. The number of nitrogens with zero attached hydrogens (tertiary/aromatic N) is 9. The van der Waals surface area contributed by atoms with Crippen molar-refractivity contribution in [2.24, 2.45) is 0 Å². The largest absolute Gasteiger partial charge is 0.494 e. The van der Waals surface area contributed by atoms with Gasteiger partial charge in [0.15, 0.2) is 5.78 Å². The molecule has 2 saturated heterocycles. The number of benzene rings is 10. The van der Waals surface area contributed by atoms with Gasteiger partial charge in [-0.2, -0.15) is 20.4 Å². The Morgan fingerprint density at radius 3 is 1.47 bits per heavy atom. The smallest absolute Gasteiger partial charge is 0.489 e. The van der Waals surface area contributed by atoms with E-state index in [2.05, 4.69) is 259 Å². The van der Waals surface area contributed by atoms with Gasteiger partial charge in [0, 0.05) is 92.5 Å². The molecule has 1 saturated carbocycles. The molecule has 140 heavy (non-hydrogen) atoms. The molecule has 3 N–H and O–H groups in total. The number of hydrogen-bond donors (Lipinski definition) is 3. The molecule has 4 aromatic heterocycles. The lowest BCUT2D eigenvalue weighted by Gasteiger charge is -2.32. The van der Waals surface area contributed by atoms with Crippen molar-refractivity contribution in [2.75, 3.05) is 26.2 Å². The molecule has 3 fully saturated rings. The van der Waals surface area contributed by atoms with Crippen LogP contribution in [0.5, 0.6) is 5.75 Å². The van der Waals surface area contributed by atoms with Crippen molar-refractivity contribution >= 4 is 178 Å². The van der Waals surface area contributed by atoms with Crippen molar-refractivity contribution in [3.63, 3.8) is 0 Å². The third-order valence-corrected chi connectivity index (χ3v) is 27.2. The number of nitrogens with one attached hydrogen (secondary N) is 1. The minimum Gasteiger partial charge on any atom is -0.489 e. The summed E-state index contributed by atoms with van der Waals surface area (Å²) in [5.41, 5.74) is 18.2. The third kappa shape index (κ3) is 26.6. The average Bonchev–Trinajstić information content (AvgIpc) is 1.62. The molecule has 1 amide bonds. The number of esters is 1. The first-order valence-electron chi connectivity index (χ1n) is 46.9. The zero-order valence-corrected chi connectivity index (χ0v) is 89.4. The lowest BCUT2D eigenvalue weighted by Crippen LogP contribution is -2.48. The fourth-order valence-corrected chi connectivity index (χ4v) is 18.1. The number of aryl methyl sites for hydroxylation is 4. The van der Waals surface area contributed by atoms with E-state index in [4.69, 9.17) is 35.5 Å². The van der Waals surface area contributed by atoms with Crippen molar-refractivity contribution in [1.82, 2.24) is 49.3 Å². The summed E-state index contributed by atoms with van der Waals surface area (Å²) in [5.74, 6) is -5.38. The Labute approximate surface area is 856 Å². The number of carbonyl (C=O) groups is 7. The summed E-state index contributed by atoms with van der Waals surface area (Å²) in [7, 11) is -0.489. The van der Waals surface area contributed by atoms with Crippen molar-refractivity contribution in [2.45, 2.75) is 217 Å². The van der Waals surface area contributed by atoms with E-state index in [0.29, 0.717) is 45.0 Å². The van der Waals surface area contributed by atoms with Crippen molar-refractivity contribution in [3.05, 3.63) is 297 Å². The number of Topliss-reactive ketones (excluding diaryl/α,β-unsaturated/α-hetero) is 4. The lowest BCUT2D eigenvalue weighted by molar-refractivity contribution is -0.137. The number of aliphatic carboxylic acids is 1. The van der Waals surface area contributed by atoms with Crippen LogP contribution in [0.1, 0.15) is 241 Å². The SMILES string of the molecule is CC(=O)c1ccc(Br)cc1F.CC1=CCc2cc(Br)ccc21.CCOC(=O)C(=O)c1ccc(B2OC(C)(C)C(C)(C)O2)cc1.Cc1c2ccc(Br)cc2nn1C(C)C.Cc1nn(C(C)C)c2cc(-c3ccc(C(=O)C(=O)N[C@H](CN4CCCC4)[C@H](O)c4ccc(OC5CC5)c(Cl)c4)cc3)ccc12.Cc1nn(C(C)C)c2cc(-c3ccc(C(=O)C(=O)O)cc3)ccc12.Cc1nn(C(C)C)c2cc(Br)ccc12. The van der Waals surface area contributed by atoms with Gasteiger partial charge < -0.3 is 39.2 Å². The van der Waals surface area contributed by atoms with Gasteiger partial charge in [-0.05, 0) is 318 Å². The minimum atomic E-state index is -1.44. The standard InChI is InChI=1S/C35H39ClN4O4.C19H18N2O3.C16H21BO5.2C11H13BrN2.C10H9Br.C8H6BrFO/c1-21(2)40-31-19-25(10-14-28(31)22(3)38-40)23-6-8-24(9-7-23)34(42)35(43)37-30(20-39-16-4-5-17-39)33(41)26-11-15-32(29(36)18-26)44-27-12-13-27;1-11(2)21-17-10-15(8-9-16(17)12(3)20-21)13-4-6-14(7-5-13)18(22)19(23)24;1-6-20-14(19)13(18)11-7-9-12(10-8-11)17-21-15(2,3)16(4,5)22-17;1-7(2)14-8(3)10-5-4-9(12)6-11(10)13-14;1-7(2)14-11-6-9(12)4-5-10(11)8(3)13-14;1-7-2-3-8-6-9(11)4-5-10(7)8;1-5(11)7-3-2-6(9)4-8(7)10/h6-11,14-15,18-19,21,27,30,33,41H,4-5,12-13,16-17,20H2,1-3H3,(H,37,43);4-11H,1-3H3,(H,23,24);7-10H,6H2,1-5H3;2*4-7H,1-3H3;2,4-6H,3H2,1H3;2-4H,1H3/t30-,33-;;;;;;/m1....../s1. The molecule has 0 unspecified atom stereocenters. The van der Waals surface area contributed by atoms with E-state index >= 15 is 0 Å². The minimum absolute atomic E-state index is 0.133. The second kappa shape index (κ2) is 47.1. The monoisotopic (exact) mass is 2170 g/mol. The Morgan fingerprint density at radius 1 is 0.536 bits per heavy atom. The van der Waals surface area contributed by atoms with E-state index in [1.165, 1.54) is 62.2 Å². The number of hydrogen-bond acceptors (Lipinski definition) is 17. The fraction of sp³-hybridized carbons (Fsp3) is 0.336. The summed E-state index contributed by atoms with van der Waals surface area (Å²) in [4.78, 5) is 85.0. The lowest BCUT2D eigenvalue weighted by atomic mass is 9.78. The van der Waals surface area contributed by atoms with E-state index < -0.39 is 71.5 Å². The highest BCUT2D eigenvalue weighted by molar-refractivity contribution is 9.11. The van der Waals surface area contributed by atoms with Crippen LogP contribution in [-0.2, 0) is 34.9 Å². The van der Waals surface area contributed by atoms with Crippen LogP contribution in [0, 0.1) is 33.5 Å².